The summed E-state index contributed by atoms with van der Waals surface area (Å²) in [4.78, 5) is 68.4. The Morgan fingerprint density at radius 2 is 1.70 bits per heavy atom. The van der Waals surface area contributed by atoms with Crippen molar-refractivity contribution in [2.24, 2.45) is 17.8 Å². The zero-order valence-corrected chi connectivity index (χ0v) is 39.0. The molecular formula is C47H62N6O10S. The second-order valence-corrected chi connectivity index (χ2v) is 21.7. The van der Waals surface area contributed by atoms with E-state index < -0.39 is 73.8 Å². The number of sulfonamides is 1. The van der Waals surface area contributed by atoms with Gasteiger partial charge in [0.2, 0.25) is 27.7 Å². The molecule has 16 nitrogen and oxygen atoms in total. The average molecular weight is 903 g/mol. The quantitative estimate of drug-likeness (QED) is 0.194. The molecule has 346 valence electrons. The van der Waals surface area contributed by atoms with E-state index in [4.69, 9.17) is 28.9 Å². The molecule has 4 amide bonds. The molecule has 0 radical (unpaired) electrons. The first kappa shape index (κ1) is 46.5. The maximum Gasteiger partial charge on any atom is 0.408 e. The van der Waals surface area contributed by atoms with Crippen LogP contribution in [-0.2, 0) is 29.1 Å². The molecule has 0 spiro atoms. The topological polar surface area (TPSA) is 204 Å². The number of nitrogens with one attached hydrogen (secondary N) is 3. The molecule has 3 heterocycles. The van der Waals surface area contributed by atoms with Crippen molar-refractivity contribution in [1.29, 1.82) is 0 Å². The first-order chi connectivity index (χ1) is 30.1. The normalized spacial score (nSPS) is 27.5. The largest absolute Gasteiger partial charge is 0.497 e. The molecule has 1 aromatic heterocycles. The second-order valence-electron chi connectivity index (χ2n) is 19.5. The fourth-order valence-electron chi connectivity index (χ4n) is 8.57. The highest BCUT2D eigenvalue weighted by Gasteiger charge is 2.63. The summed E-state index contributed by atoms with van der Waals surface area (Å²) in [5, 5.41) is 6.32. The predicted octanol–water partition coefficient (Wildman–Crippen LogP) is 6.22. The first-order valence-electron chi connectivity index (χ1n) is 22.3. The number of alkyl carbamates (subject to hydrolysis) is 1. The van der Waals surface area contributed by atoms with E-state index >= 15 is 4.79 Å². The maximum atomic E-state index is 15.1. The average Bonchev–Trinajstić information content (AvgIpc) is 4.10. The van der Waals surface area contributed by atoms with E-state index in [0.29, 0.717) is 59.5 Å². The lowest BCUT2D eigenvalue weighted by Crippen LogP contribution is -2.59. The maximum absolute atomic E-state index is 15.1. The highest BCUT2D eigenvalue weighted by Crippen LogP contribution is 2.48. The fourth-order valence-corrected chi connectivity index (χ4v) is 9.88. The van der Waals surface area contributed by atoms with Crippen LogP contribution in [0.25, 0.3) is 22.3 Å². The molecular weight excluding hydrogens is 841 g/mol. The van der Waals surface area contributed by atoms with Crippen molar-refractivity contribution in [3.63, 3.8) is 0 Å². The molecule has 17 heteroatoms. The number of aromatic nitrogens is 2. The number of allylic oxidation sites excluding steroid dienone is 1. The molecule has 4 aliphatic rings. The van der Waals surface area contributed by atoms with E-state index in [-0.39, 0.29) is 43.2 Å². The van der Waals surface area contributed by atoms with Gasteiger partial charge in [0, 0.05) is 24.0 Å². The van der Waals surface area contributed by atoms with Gasteiger partial charge in [-0.2, -0.15) is 4.98 Å². The summed E-state index contributed by atoms with van der Waals surface area (Å²) >= 11 is 0. The van der Waals surface area contributed by atoms with E-state index in [1.165, 1.54) is 4.90 Å². The number of fused-ring (bicyclic) bond motifs is 3. The molecule has 64 heavy (non-hydrogen) atoms. The zero-order chi connectivity index (χ0) is 46.4. The van der Waals surface area contributed by atoms with E-state index in [1.54, 1.807) is 53.0 Å². The second kappa shape index (κ2) is 17.8. The van der Waals surface area contributed by atoms with E-state index in [0.717, 1.165) is 6.42 Å². The summed E-state index contributed by atoms with van der Waals surface area (Å²) in [6.45, 7) is 14.6. The van der Waals surface area contributed by atoms with Crippen LogP contribution in [0.5, 0.6) is 17.4 Å². The number of methoxy groups -OCH3 is 1. The van der Waals surface area contributed by atoms with Crippen molar-refractivity contribution in [3.05, 3.63) is 54.6 Å². The molecule has 0 bridgehead atoms. The number of carbonyl (C=O) groups excluding carboxylic acids is 4. The van der Waals surface area contributed by atoms with Crippen molar-refractivity contribution in [2.45, 2.75) is 141 Å². The third-order valence-corrected chi connectivity index (χ3v) is 14.7. The molecule has 0 unspecified atom stereocenters. The molecule has 2 saturated carbocycles. The number of carbonyl (C=O) groups is 4. The molecule has 3 N–H and O–H groups in total. The molecule has 3 aromatic rings. The van der Waals surface area contributed by atoms with Crippen LogP contribution in [-0.4, -0.2) is 101 Å². The van der Waals surface area contributed by atoms with Crippen molar-refractivity contribution in [1.82, 2.24) is 30.2 Å². The van der Waals surface area contributed by atoms with Crippen LogP contribution >= 0.6 is 0 Å². The number of rotatable bonds is 10. The first-order valence-corrected chi connectivity index (χ1v) is 23.7. The van der Waals surface area contributed by atoms with Crippen LogP contribution in [0.2, 0.25) is 0 Å². The Labute approximate surface area is 375 Å². The van der Waals surface area contributed by atoms with Gasteiger partial charge in [0.25, 0.3) is 5.91 Å². The summed E-state index contributed by atoms with van der Waals surface area (Å²) in [7, 11) is -2.48. The van der Waals surface area contributed by atoms with Crippen molar-refractivity contribution in [3.8, 4) is 28.8 Å². The van der Waals surface area contributed by atoms with Gasteiger partial charge in [-0.15, -0.1) is 0 Å². The number of nitrogens with zero attached hydrogens (tertiary/aromatic N) is 3. The minimum absolute atomic E-state index is 0.0164. The molecule has 3 fully saturated rings. The summed E-state index contributed by atoms with van der Waals surface area (Å²) in [5.41, 5.74) is -1.20. The van der Waals surface area contributed by atoms with Gasteiger partial charge >= 0.3 is 6.09 Å². The highest BCUT2D eigenvalue weighted by molar-refractivity contribution is 7.91. The Bertz CT molecular complexity index is 2410. The lowest BCUT2D eigenvalue weighted by molar-refractivity contribution is -0.142. The van der Waals surface area contributed by atoms with Crippen LogP contribution in [0.4, 0.5) is 4.79 Å². The van der Waals surface area contributed by atoms with E-state index in [9.17, 15) is 22.8 Å². The predicted molar refractivity (Wildman–Crippen MR) is 240 cm³/mol. The van der Waals surface area contributed by atoms with E-state index in [1.807, 2.05) is 57.2 Å². The van der Waals surface area contributed by atoms with E-state index in [2.05, 4.69) is 22.3 Å². The molecule has 7 rings (SSSR count). The van der Waals surface area contributed by atoms with Crippen LogP contribution in [0, 0.1) is 17.8 Å². The Morgan fingerprint density at radius 3 is 2.36 bits per heavy atom. The number of benzene rings is 2. The van der Waals surface area contributed by atoms with Gasteiger partial charge in [0.15, 0.2) is 5.82 Å². The Balaban J connectivity index is 1.26. The lowest BCUT2D eigenvalue weighted by atomic mass is 9.88. The van der Waals surface area contributed by atoms with Gasteiger partial charge in [-0.3, -0.25) is 19.1 Å². The molecule has 2 aliphatic carbocycles. The van der Waals surface area contributed by atoms with Gasteiger partial charge in [-0.05, 0) is 128 Å². The standard InChI is InChI=1S/C47H62N6O10S/c1-27(2)61-32-16-14-30(15-17-32)39-48-36-23-33(60-9)18-19-35(36)41(50-39)62-34-24-37-40(54)51-47(43(56)52-64(58,59)46(8)20-21-46)25-31(47)13-11-10-12-28(3)22-29(4)38(42(55)53(37)26-34)49-44(57)63-45(5,6)7/h11,13-19,23,27-29,31,34,37-38H,10,12,20-22,24-26H2,1-9H3,(H,49,57)(H,51,54)(H,52,56)/b13-11-/t28-,29-,31-,34-,37+,38+,47-/m1/s1. The zero-order valence-electron chi connectivity index (χ0n) is 38.2. The number of hydrogen-bond donors (Lipinski definition) is 3. The summed E-state index contributed by atoms with van der Waals surface area (Å²) in [6.07, 6.45) is 5.20. The monoisotopic (exact) mass is 902 g/mol. The van der Waals surface area contributed by atoms with Gasteiger partial charge in [0.1, 0.15) is 40.8 Å². The third-order valence-electron chi connectivity index (χ3n) is 12.6. The summed E-state index contributed by atoms with van der Waals surface area (Å²) in [5.74, 6) is -0.927. The van der Waals surface area contributed by atoms with Gasteiger partial charge in [-0.1, -0.05) is 26.0 Å². The summed E-state index contributed by atoms with van der Waals surface area (Å²) in [6, 6.07) is 10.4. The SMILES string of the molecule is COc1ccc2c(O[C@@H]3C[C@H]4C(=O)N[C@]5(C(=O)NS(=O)(=O)C6(C)CC6)C[C@H]5/C=C\CC[C@@H](C)C[C@@H](C)[C@H](NC(=O)OC(C)(C)C)C(=O)N4C3)nc(-c3ccc(OC(C)C)cc3)nc2c1. The van der Waals surface area contributed by atoms with Crippen LogP contribution in [0.15, 0.2) is 54.6 Å². The van der Waals surface area contributed by atoms with Crippen molar-refractivity contribution in [2.75, 3.05) is 13.7 Å². The van der Waals surface area contributed by atoms with Crippen molar-refractivity contribution >= 4 is 44.7 Å². The Kier molecular flexibility index (Phi) is 13.0. The molecule has 2 aromatic carbocycles. The van der Waals surface area contributed by atoms with Crippen molar-refractivity contribution < 1.29 is 46.5 Å². The van der Waals surface area contributed by atoms with Gasteiger partial charge < -0.3 is 34.5 Å². The minimum atomic E-state index is -4.04. The van der Waals surface area contributed by atoms with Crippen LogP contribution in [0.3, 0.4) is 0 Å². The fraction of sp³-hybridized carbons (Fsp3) is 0.574. The number of hydrogen-bond acceptors (Lipinski definition) is 12. The van der Waals surface area contributed by atoms with Crippen LogP contribution in [0.1, 0.15) is 100 Å². The number of ether oxygens (including phenoxy) is 4. The Morgan fingerprint density at radius 1 is 1.00 bits per heavy atom. The minimum Gasteiger partial charge on any atom is -0.497 e. The third kappa shape index (κ3) is 10.2. The van der Waals surface area contributed by atoms with Gasteiger partial charge in [0.05, 0.1) is 35.4 Å². The summed E-state index contributed by atoms with van der Waals surface area (Å²) < 4.78 is 51.6. The molecule has 1 saturated heterocycles. The van der Waals surface area contributed by atoms with Gasteiger partial charge in [-0.25, -0.2) is 18.2 Å². The molecule has 2 aliphatic heterocycles. The Hall–Kier alpha value is -5.45. The lowest BCUT2D eigenvalue weighted by Gasteiger charge is -2.33. The highest BCUT2D eigenvalue weighted by atomic mass is 32.2. The van der Waals surface area contributed by atoms with Crippen LogP contribution < -0.4 is 29.6 Å². The molecule has 7 atom stereocenters. The smallest absolute Gasteiger partial charge is 0.408 e. The number of amides is 4.